The Hall–Kier alpha value is -0.250. The summed E-state index contributed by atoms with van der Waals surface area (Å²) in [5, 5.41) is 0. The summed E-state index contributed by atoms with van der Waals surface area (Å²) in [5.41, 5.74) is -2.77. The molecule has 0 aliphatic rings. The number of hydrogen-bond donors (Lipinski definition) is 0. The standard InChI is InChI=1S/C13H25F3O/c1-10(2,3)8-12(7,13(14,15)16)17-9-11(4,5)6/h8-9H2,1-7H3/t12-/m0/s1. The van der Waals surface area contributed by atoms with Gasteiger partial charge in [-0.3, -0.25) is 0 Å². The summed E-state index contributed by atoms with van der Waals surface area (Å²) in [6, 6.07) is 0. The number of ether oxygens (including phenoxy) is 1. The third-order valence-electron chi connectivity index (χ3n) is 2.29. The maximum absolute atomic E-state index is 13.1. The third kappa shape index (κ3) is 6.29. The van der Waals surface area contributed by atoms with Gasteiger partial charge in [0.1, 0.15) is 0 Å². The summed E-state index contributed by atoms with van der Waals surface area (Å²) in [5.74, 6) is 0. The first-order valence-corrected chi connectivity index (χ1v) is 5.87. The molecule has 0 aromatic heterocycles. The molecular weight excluding hydrogens is 229 g/mol. The van der Waals surface area contributed by atoms with E-state index in [2.05, 4.69) is 0 Å². The van der Waals surface area contributed by atoms with E-state index in [0.717, 1.165) is 6.92 Å². The van der Waals surface area contributed by atoms with Crippen LogP contribution < -0.4 is 0 Å². The highest BCUT2D eigenvalue weighted by molar-refractivity contribution is 4.89. The van der Waals surface area contributed by atoms with Crippen LogP contribution in [0.2, 0.25) is 0 Å². The average molecular weight is 254 g/mol. The lowest BCUT2D eigenvalue weighted by Gasteiger charge is -2.38. The lowest BCUT2D eigenvalue weighted by atomic mass is 9.82. The maximum atomic E-state index is 13.1. The molecule has 0 bridgehead atoms. The van der Waals surface area contributed by atoms with E-state index in [9.17, 15) is 13.2 Å². The van der Waals surface area contributed by atoms with Crippen molar-refractivity contribution in [2.75, 3.05) is 6.61 Å². The Morgan fingerprint density at radius 1 is 0.765 bits per heavy atom. The molecule has 104 valence electrons. The summed E-state index contributed by atoms with van der Waals surface area (Å²) >= 11 is 0. The molecule has 0 amide bonds. The molecule has 1 atom stereocenters. The smallest absolute Gasteiger partial charge is 0.365 e. The molecule has 0 aromatic rings. The second-order valence-electron chi connectivity index (χ2n) is 7.32. The van der Waals surface area contributed by atoms with E-state index in [1.165, 1.54) is 0 Å². The van der Waals surface area contributed by atoms with Crippen molar-refractivity contribution in [1.82, 2.24) is 0 Å². The van der Waals surface area contributed by atoms with Gasteiger partial charge in [-0.15, -0.1) is 0 Å². The Kier molecular flexibility index (Phi) is 4.72. The van der Waals surface area contributed by atoms with E-state index in [4.69, 9.17) is 4.74 Å². The summed E-state index contributed by atoms with van der Waals surface area (Å²) in [7, 11) is 0. The van der Waals surface area contributed by atoms with Crippen LogP contribution in [0.25, 0.3) is 0 Å². The van der Waals surface area contributed by atoms with Crippen LogP contribution in [-0.2, 0) is 4.74 Å². The molecule has 0 spiro atoms. The molecule has 0 fully saturated rings. The number of hydrogen-bond acceptors (Lipinski definition) is 1. The fraction of sp³-hybridized carbons (Fsp3) is 1.00. The van der Waals surface area contributed by atoms with Gasteiger partial charge in [0.2, 0.25) is 0 Å². The predicted molar refractivity (Wildman–Crippen MR) is 63.9 cm³/mol. The Labute approximate surface area is 103 Å². The van der Waals surface area contributed by atoms with Crippen molar-refractivity contribution in [1.29, 1.82) is 0 Å². The highest BCUT2D eigenvalue weighted by Gasteiger charge is 2.54. The molecule has 0 aromatic carbocycles. The van der Waals surface area contributed by atoms with Gasteiger partial charge in [-0.2, -0.15) is 13.2 Å². The van der Waals surface area contributed by atoms with Crippen LogP contribution in [-0.4, -0.2) is 18.4 Å². The highest BCUT2D eigenvalue weighted by atomic mass is 19.4. The monoisotopic (exact) mass is 254 g/mol. The summed E-state index contributed by atoms with van der Waals surface area (Å²) in [6.07, 6.45) is -4.38. The fourth-order valence-electron chi connectivity index (χ4n) is 1.62. The van der Waals surface area contributed by atoms with Gasteiger partial charge in [-0.25, -0.2) is 0 Å². The van der Waals surface area contributed by atoms with Gasteiger partial charge in [-0.1, -0.05) is 41.5 Å². The molecule has 0 heterocycles. The zero-order chi connectivity index (χ0) is 14.1. The van der Waals surface area contributed by atoms with Crippen molar-refractivity contribution in [3.05, 3.63) is 0 Å². The topological polar surface area (TPSA) is 9.23 Å². The third-order valence-corrected chi connectivity index (χ3v) is 2.29. The van der Waals surface area contributed by atoms with E-state index in [0.29, 0.717) is 0 Å². The summed E-state index contributed by atoms with van der Waals surface area (Å²) in [4.78, 5) is 0. The van der Waals surface area contributed by atoms with Crippen LogP contribution in [0.4, 0.5) is 13.2 Å². The molecule has 0 N–H and O–H groups in total. The summed E-state index contributed by atoms with van der Waals surface area (Å²) in [6.45, 7) is 12.2. The molecule has 1 nitrogen and oxygen atoms in total. The second-order valence-corrected chi connectivity index (χ2v) is 7.32. The SMILES string of the molecule is CC(C)(C)CO[C@@](C)(CC(C)(C)C)C(F)(F)F. The molecule has 17 heavy (non-hydrogen) atoms. The van der Waals surface area contributed by atoms with Crippen LogP contribution in [0.15, 0.2) is 0 Å². The number of halogens is 3. The van der Waals surface area contributed by atoms with Crippen molar-refractivity contribution >= 4 is 0 Å². The quantitative estimate of drug-likeness (QED) is 0.702. The van der Waals surface area contributed by atoms with Gasteiger partial charge < -0.3 is 4.74 Å². The van der Waals surface area contributed by atoms with Gasteiger partial charge in [0.25, 0.3) is 0 Å². The van der Waals surface area contributed by atoms with E-state index < -0.39 is 17.2 Å². The van der Waals surface area contributed by atoms with Crippen molar-refractivity contribution < 1.29 is 17.9 Å². The Morgan fingerprint density at radius 2 is 1.18 bits per heavy atom. The van der Waals surface area contributed by atoms with Crippen LogP contribution in [0, 0.1) is 10.8 Å². The highest BCUT2D eigenvalue weighted by Crippen LogP contribution is 2.42. The first kappa shape index (κ1) is 16.8. The van der Waals surface area contributed by atoms with Gasteiger partial charge in [0, 0.05) is 0 Å². The lowest BCUT2D eigenvalue weighted by Crippen LogP contribution is -2.48. The van der Waals surface area contributed by atoms with Gasteiger partial charge >= 0.3 is 6.18 Å². The zero-order valence-corrected chi connectivity index (χ0v) is 12.0. The van der Waals surface area contributed by atoms with Crippen LogP contribution >= 0.6 is 0 Å². The Balaban J connectivity index is 4.88. The van der Waals surface area contributed by atoms with Crippen molar-refractivity contribution in [3.63, 3.8) is 0 Å². The van der Waals surface area contributed by atoms with Gasteiger partial charge in [0.05, 0.1) is 6.61 Å². The van der Waals surface area contributed by atoms with Crippen molar-refractivity contribution in [3.8, 4) is 0 Å². The minimum Gasteiger partial charge on any atom is -0.365 e. The molecule has 0 rings (SSSR count). The molecule has 0 saturated carbocycles. The molecule has 4 heteroatoms. The van der Waals surface area contributed by atoms with Crippen LogP contribution in [0.3, 0.4) is 0 Å². The predicted octanol–water partition coefficient (Wildman–Crippen LogP) is 4.81. The van der Waals surface area contributed by atoms with Crippen LogP contribution in [0.1, 0.15) is 54.9 Å². The number of rotatable bonds is 3. The molecule has 0 saturated heterocycles. The maximum Gasteiger partial charge on any atom is 0.417 e. The fourth-order valence-corrected chi connectivity index (χ4v) is 1.62. The van der Waals surface area contributed by atoms with E-state index in [1.807, 2.05) is 20.8 Å². The van der Waals surface area contributed by atoms with Gasteiger partial charge in [0.15, 0.2) is 5.60 Å². The van der Waals surface area contributed by atoms with E-state index in [1.54, 1.807) is 20.8 Å². The Bertz CT molecular complexity index is 245. The molecular formula is C13H25F3O. The Morgan fingerprint density at radius 3 is 1.41 bits per heavy atom. The van der Waals surface area contributed by atoms with Crippen molar-refractivity contribution in [2.24, 2.45) is 10.8 Å². The molecule has 0 radical (unpaired) electrons. The minimum atomic E-state index is -4.34. The largest absolute Gasteiger partial charge is 0.417 e. The average Bonchev–Trinajstić information content (AvgIpc) is 1.94. The zero-order valence-electron chi connectivity index (χ0n) is 12.0. The van der Waals surface area contributed by atoms with E-state index >= 15 is 0 Å². The first-order valence-electron chi connectivity index (χ1n) is 5.87. The van der Waals surface area contributed by atoms with E-state index in [-0.39, 0.29) is 18.4 Å². The molecule has 0 aliphatic carbocycles. The minimum absolute atomic E-state index is 0.0421. The van der Waals surface area contributed by atoms with Crippen molar-refractivity contribution in [2.45, 2.75) is 66.7 Å². The second kappa shape index (κ2) is 4.79. The number of alkyl halides is 3. The normalized spacial score (nSPS) is 18.0. The molecule has 0 unspecified atom stereocenters. The lowest BCUT2D eigenvalue weighted by molar-refractivity contribution is -0.284. The molecule has 0 aliphatic heterocycles. The van der Waals surface area contributed by atoms with Crippen LogP contribution in [0.5, 0.6) is 0 Å². The first-order chi connectivity index (χ1) is 7.16. The summed E-state index contributed by atoms with van der Waals surface area (Å²) < 4.78 is 44.5. The van der Waals surface area contributed by atoms with Gasteiger partial charge in [-0.05, 0) is 24.2 Å².